The third kappa shape index (κ3) is 6.43. The molecule has 1 aromatic rings. The fourth-order valence-corrected chi connectivity index (χ4v) is 2.18. The van der Waals surface area contributed by atoms with Crippen LogP contribution >= 0.6 is 0 Å². The number of ether oxygens (including phenoxy) is 1. The molecule has 0 spiro atoms. The molecule has 0 fully saturated rings. The number of amides is 1. The Balaban J connectivity index is 3.13. The van der Waals surface area contributed by atoms with Crippen LogP contribution in [0, 0.1) is 5.82 Å². The van der Waals surface area contributed by atoms with Crippen LogP contribution in [0.15, 0.2) is 35.8 Å². The molecule has 0 bridgehead atoms. The summed E-state index contributed by atoms with van der Waals surface area (Å²) in [6.45, 7) is 8.65. The second kappa shape index (κ2) is 9.27. The van der Waals surface area contributed by atoms with Crippen molar-refractivity contribution in [1.29, 1.82) is 0 Å². The maximum atomic E-state index is 14.9. The average molecular weight is 365 g/mol. The minimum Gasteiger partial charge on any atom is -0.512 e. The highest BCUT2D eigenvalue weighted by atomic mass is 19.1. The first-order valence-electron chi connectivity index (χ1n) is 8.65. The van der Waals surface area contributed by atoms with Crippen LogP contribution in [0.5, 0.6) is 0 Å². The van der Waals surface area contributed by atoms with E-state index in [1.165, 1.54) is 12.1 Å². The summed E-state index contributed by atoms with van der Waals surface area (Å²) in [5, 5.41) is 22.5. The van der Waals surface area contributed by atoms with E-state index in [1.807, 2.05) is 0 Å². The number of nitrogens with one attached hydrogen (secondary N) is 1. The summed E-state index contributed by atoms with van der Waals surface area (Å²) in [6.07, 6.45) is 1.38. The molecule has 1 aromatic carbocycles. The summed E-state index contributed by atoms with van der Waals surface area (Å²) in [5.74, 6) is -0.559. The molecule has 0 aliphatic heterocycles. The van der Waals surface area contributed by atoms with Gasteiger partial charge in [0.1, 0.15) is 11.4 Å². The van der Waals surface area contributed by atoms with Gasteiger partial charge in [0, 0.05) is 36.1 Å². The Morgan fingerprint density at radius 2 is 1.88 bits per heavy atom. The van der Waals surface area contributed by atoms with E-state index < -0.39 is 17.5 Å². The largest absolute Gasteiger partial charge is 0.512 e. The molecule has 1 rings (SSSR count). The lowest BCUT2D eigenvalue weighted by Crippen LogP contribution is -2.32. The number of hydrogen-bond acceptors (Lipinski definition) is 4. The molecule has 144 valence electrons. The number of carbonyl (C=O) groups is 1. The standard InChI is InChI=1S/C20H28FNO4/c1-6-14(23)11-16(17(24)7-2)15-10-8-9-13(18(15)21)12-22-19(25)26-20(3,4)5/h8-11,23-24H,6-7,12H2,1-5H3,(H,22,25)/b14-11+,17-16-. The number of alkyl carbamates (subject to hydrolysis) is 1. The Labute approximate surface area is 154 Å². The Bertz CT molecular complexity index is 702. The molecule has 0 atom stereocenters. The molecule has 3 N–H and O–H groups in total. The lowest BCUT2D eigenvalue weighted by Gasteiger charge is -2.20. The molecule has 0 saturated heterocycles. The van der Waals surface area contributed by atoms with Gasteiger partial charge in [-0.25, -0.2) is 9.18 Å². The molecular weight excluding hydrogens is 337 g/mol. The lowest BCUT2D eigenvalue weighted by molar-refractivity contribution is 0.0523. The van der Waals surface area contributed by atoms with Crippen molar-refractivity contribution in [3.63, 3.8) is 0 Å². The van der Waals surface area contributed by atoms with Crippen LogP contribution in [0.1, 0.15) is 58.6 Å². The average Bonchev–Trinajstić information content (AvgIpc) is 2.56. The maximum absolute atomic E-state index is 14.9. The van der Waals surface area contributed by atoms with Crippen molar-refractivity contribution >= 4 is 11.7 Å². The zero-order valence-corrected chi connectivity index (χ0v) is 16.0. The van der Waals surface area contributed by atoms with Gasteiger partial charge in [-0.05, 0) is 26.8 Å². The zero-order valence-electron chi connectivity index (χ0n) is 16.0. The topological polar surface area (TPSA) is 78.8 Å². The molecule has 0 unspecified atom stereocenters. The molecule has 5 nitrogen and oxygen atoms in total. The highest BCUT2D eigenvalue weighted by Gasteiger charge is 2.18. The van der Waals surface area contributed by atoms with Gasteiger partial charge < -0.3 is 20.3 Å². The molecule has 0 aromatic heterocycles. The van der Waals surface area contributed by atoms with Gasteiger partial charge in [0.15, 0.2) is 0 Å². The van der Waals surface area contributed by atoms with Gasteiger partial charge >= 0.3 is 6.09 Å². The predicted octanol–water partition coefficient (Wildman–Crippen LogP) is 5.38. The van der Waals surface area contributed by atoms with Crippen LogP contribution in [0.2, 0.25) is 0 Å². The number of benzene rings is 1. The lowest BCUT2D eigenvalue weighted by atomic mass is 9.99. The minimum absolute atomic E-state index is 0.0267. The molecule has 0 aliphatic carbocycles. The molecule has 26 heavy (non-hydrogen) atoms. The highest BCUT2D eigenvalue weighted by Crippen LogP contribution is 2.27. The van der Waals surface area contributed by atoms with E-state index in [-0.39, 0.29) is 34.8 Å². The van der Waals surface area contributed by atoms with Gasteiger partial charge in [0.2, 0.25) is 0 Å². The quantitative estimate of drug-likeness (QED) is 0.467. The fourth-order valence-electron chi connectivity index (χ4n) is 2.18. The maximum Gasteiger partial charge on any atom is 0.407 e. The highest BCUT2D eigenvalue weighted by molar-refractivity contribution is 5.76. The van der Waals surface area contributed by atoms with E-state index in [4.69, 9.17) is 4.74 Å². The third-order valence-electron chi connectivity index (χ3n) is 3.51. The van der Waals surface area contributed by atoms with Crippen molar-refractivity contribution in [1.82, 2.24) is 5.32 Å². The van der Waals surface area contributed by atoms with Gasteiger partial charge in [0.25, 0.3) is 0 Å². The van der Waals surface area contributed by atoms with Crippen LogP contribution in [-0.4, -0.2) is 21.9 Å². The first-order chi connectivity index (χ1) is 12.1. The van der Waals surface area contributed by atoms with Crippen LogP contribution < -0.4 is 5.32 Å². The van der Waals surface area contributed by atoms with Crippen molar-refractivity contribution in [2.24, 2.45) is 0 Å². The van der Waals surface area contributed by atoms with Crippen LogP contribution in [-0.2, 0) is 11.3 Å². The van der Waals surface area contributed by atoms with Gasteiger partial charge in [-0.1, -0.05) is 32.0 Å². The number of halogens is 1. The summed E-state index contributed by atoms with van der Waals surface area (Å²) < 4.78 is 20.0. The number of aliphatic hydroxyl groups excluding tert-OH is 2. The molecule has 0 radical (unpaired) electrons. The van der Waals surface area contributed by atoms with Crippen molar-refractivity contribution in [3.05, 3.63) is 52.7 Å². The smallest absolute Gasteiger partial charge is 0.407 e. The SMILES string of the molecule is CC/C(O)=C(\C=C(\O)CC)c1cccc(CNC(=O)OC(C)(C)C)c1F. The summed E-state index contributed by atoms with van der Waals surface area (Å²) in [6, 6.07) is 4.69. The molecule has 6 heteroatoms. The van der Waals surface area contributed by atoms with E-state index in [1.54, 1.807) is 46.8 Å². The van der Waals surface area contributed by atoms with Crippen molar-refractivity contribution in [2.45, 2.75) is 59.6 Å². The van der Waals surface area contributed by atoms with Gasteiger partial charge in [-0.3, -0.25) is 0 Å². The second-order valence-electron chi connectivity index (χ2n) is 6.84. The Hall–Kier alpha value is -2.50. The first-order valence-corrected chi connectivity index (χ1v) is 8.65. The molecular formula is C20H28FNO4. The van der Waals surface area contributed by atoms with Crippen molar-refractivity contribution < 1.29 is 24.1 Å². The number of rotatable bonds is 6. The van der Waals surface area contributed by atoms with Crippen LogP contribution in [0.4, 0.5) is 9.18 Å². The predicted molar refractivity (Wildman–Crippen MR) is 100 cm³/mol. The normalized spacial score (nSPS) is 13.2. The molecule has 0 saturated carbocycles. The zero-order chi connectivity index (χ0) is 19.9. The Kier molecular flexibility index (Phi) is 7.68. The Morgan fingerprint density at radius 3 is 2.42 bits per heavy atom. The fraction of sp³-hybridized carbons (Fsp3) is 0.450. The molecule has 0 heterocycles. The van der Waals surface area contributed by atoms with Gasteiger partial charge in [-0.15, -0.1) is 0 Å². The van der Waals surface area contributed by atoms with E-state index in [0.717, 1.165) is 0 Å². The first kappa shape index (κ1) is 21.5. The minimum atomic E-state index is -0.643. The second-order valence-corrected chi connectivity index (χ2v) is 6.84. The summed E-state index contributed by atoms with van der Waals surface area (Å²) >= 11 is 0. The monoisotopic (exact) mass is 365 g/mol. The number of carbonyl (C=O) groups excluding carboxylic acids is 1. The summed E-state index contributed by atoms with van der Waals surface area (Å²) in [4.78, 5) is 11.8. The molecule has 0 aliphatic rings. The van der Waals surface area contributed by atoms with Crippen molar-refractivity contribution in [3.8, 4) is 0 Å². The van der Waals surface area contributed by atoms with Crippen LogP contribution in [0.3, 0.4) is 0 Å². The number of hydrogen-bond donors (Lipinski definition) is 3. The summed E-state index contributed by atoms with van der Waals surface area (Å²) in [5.41, 5.74) is -0.00840. The van der Waals surface area contributed by atoms with E-state index in [9.17, 15) is 19.4 Å². The Morgan fingerprint density at radius 1 is 1.23 bits per heavy atom. The number of allylic oxidation sites excluding steroid dienone is 4. The van der Waals surface area contributed by atoms with Crippen molar-refractivity contribution in [2.75, 3.05) is 0 Å². The van der Waals surface area contributed by atoms with E-state index >= 15 is 0 Å². The van der Waals surface area contributed by atoms with Crippen LogP contribution in [0.25, 0.3) is 5.57 Å². The molecule has 1 amide bonds. The number of aliphatic hydroxyl groups is 2. The summed E-state index contributed by atoms with van der Waals surface area (Å²) in [7, 11) is 0. The van der Waals surface area contributed by atoms with E-state index in [2.05, 4.69) is 5.32 Å². The van der Waals surface area contributed by atoms with Gasteiger partial charge in [-0.2, -0.15) is 0 Å². The van der Waals surface area contributed by atoms with Gasteiger partial charge in [0.05, 0.1) is 11.5 Å². The van der Waals surface area contributed by atoms with E-state index in [0.29, 0.717) is 12.8 Å². The third-order valence-corrected chi connectivity index (χ3v) is 3.51.